The summed E-state index contributed by atoms with van der Waals surface area (Å²) in [4.78, 5) is 11.8. The summed E-state index contributed by atoms with van der Waals surface area (Å²) in [7, 11) is 0. The normalized spacial score (nSPS) is 10.4. The summed E-state index contributed by atoms with van der Waals surface area (Å²) in [5.41, 5.74) is 0.0999. The molecule has 0 bridgehead atoms. The van der Waals surface area contributed by atoms with Crippen molar-refractivity contribution in [3.8, 4) is 0 Å². The molecule has 0 N–H and O–H groups in total. The van der Waals surface area contributed by atoms with Gasteiger partial charge in [0.25, 0.3) is 0 Å². The molecule has 0 spiro atoms. The number of halogens is 3. The predicted octanol–water partition coefficient (Wildman–Crippen LogP) is 3.53. The van der Waals surface area contributed by atoms with Crippen molar-refractivity contribution in [3.63, 3.8) is 0 Å². The molecule has 2 rings (SSSR count). The molecule has 0 saturated carbocycles. The summed E-state index contributed by atoms with van der Waals surface area (Å²) in [6, 6.07) is 8.74. The van der Waals surface area contributed by atoms with Crippen molar-refractivity contribution in [3.05, 3.63) is 71.0 Å². The van der Waals surface area contributed by atoms with Gasteiger partial charge >= 0.3 is 0 Å². The number of carbonyl (C=O) groups is 1. The van der Waals surface area contributed by atoms with Crippen molar-refractivity contribution in [2.45, 2.75) is 6.42 Å². The second-order valence-electron chi connectivity index (χ2n) is 3.82. The van der Waals surface area contributed by atoms with E-state index in [4.69, 9.17) is 0 Å². The molecule has 0 atom stereocenters. The molecule has 0 unspecified atom stereocenters. The lowest BCUT2D eigenvalue weighted by molar-refractivity contribution is 0.0991. The lowest BCUT2D eigenvalue weighted by atomic mass is 10.0. The molecule has 0 aliphatic heterocycles. The topological polar surface area (TPSA) is 17.1 Å². The van der Waals surface area contributed by atoms with Gasteiger partial charge in [0.1, 0.15) is 5.82 Å². The second kappa shape index (κ2) is 5.04. The van der Waals surface area contributed by atoms with Crippen LogP contribution in [-0.2, 0) is 6.42 Å². The van der Waals surface area contributed by atoms with E-state index in [2.05, 4.69) is 0 Å². The molecule has 0 amide bonds. The van der Waals surface area contributed by atoms with Gasteiger partial charge in [-0.25, -0.2) is 13.2 Å². The van der Waals surface area contributed by atoms with Crippen LogP contribution in [0.25, 0.3) is 0 Å². The largest absolute Gasteiger partial charge is 0.294 e. The Hall–Kier alpha value is -2.10. The Bertz CT molecular complexity index is 593. The average molecular weight is 250 g/mol. The maximum absolute atomic E-state index is 13.4. The van der Waals surface area contributed by atoms with Crippen LogP contribution in [0.2, 0.25) is 0 Å². The number of ketones is 1. The minimum atomic E-state index is -1.04. The molecule has 0 aromatic heterocycles. The van der Waals surface area contributed by atoms with Gasteiger partial charge in [-0.1, -0.05) is 24.3 Å². The van der Waals surface area contributed by atoms with Gasteiger partial charge in [-0.3, -0.25) is 4.79 Å². The standard InChI is InChI=1S/C14H9F3O/c15-11-5-1-3-9(7-11)13(18)8-10-4-2-6-12(16)14(10)17/h1-7H,8H2. The fourth-order valence-corrected chi connectivity index (χ4v) is 1.62. The Balaban J connectivity index is 2.24. The van der Waals surface area contributed by atoms with Crippen molar-refractivity contribution in [1.29, 1.82) is 0 Å². The molecule has 0 heterocycles. The lowest BCUT2D eigenvalue weighted by Gasteiger charge is -2.03. The van der Waals surface area contributed by atoms with Gasteiger partial charge in [0, 0.05) is 12.0 Å². The van der Waals surface area contributed by atoms with E-state index in [1.165, 1.54) is 30.3 Å². The molecule has 1 nitrogen and oxygen atoms in total. The summed E-state index contributed by atoms with van der Waals surface area (Å²) < 4.78 is 39.2. The Labute approximate surface area is 102 Å². The van der Waals surface area contributed by atoms with E-state index in [-0.39, 0.29) is 17.5 Å². The van der Waals surface area contributed by atoms with Crippen LogP contribution in [0.3, 0.4) is 0 Å². The van der Waals surface area contributed by atoms with Gasteiger partial charge in [0.2, 0.25) is 0 Å². The molecule has 4 heteroatoms. The molecule has 2 aromatic carbocycles. The molecule has 0 radical (unpaired) electrons. The number of hydrogen-bond acceptors (Lipinski definition) is 1. The minimum Gasteiger partial charge on any atom is -0.294 e. The fourth-order valence-electron chi connectivity index (χ4n) is 1.62. The van der Waals surface area contributed by atoms with Gasteiger partial charge in [-0.2, -0.15) is 0 Å². The van der Waals surface area contributed by atoms with Crippen LogP contribution >= 0.6 is 0 Å². The highest BCUT2D eigenvalue weighted by Crippen LogP contribution is 2.14. The zero-order chi connectivity index (χ0) is 13.1. The van der Waals surface area contributed by atoms with Gasteiger partial charge in [-0.05, 0) is 23.8 Å². The van der Waals surface area contributed by atoms with E-state index < -0.39 is 23.2 Å². The summed E-state index contributed by atoms with van der Waals surface area (Å²) in [5, 5.41) is 0. The van der Waals surface area contributed by atoms with E-state index in [9.17, 15) is 18.0 Å². The minimum absolute atomic E-state index is 0.0377. The molecule has 0 aliphatic rings. The zero-order valence-corrected chi connectivity index (χ0v) is 9.29. The Kier molecular flexibility index (Phi) is 3.46. The first-order chi connectivity index (χ1) is 8.58. The van der Waals surface area contributed by atoms with Crippen LogP contribution in [0.1, 0.15) is 15.9 Å². The van der Waals surface area contributed by atoms with Crippen LogP contribution in [-0.4, -0.2) is 5.78 Å². The first-order valence-corrected chi connectivity index (χ1v) is 5.29. The van der Waals surface area contributed by atoms with Crippen LogP contribution in [0.5, 0.6) is 0 Å². The molecule has 0 aliphatic carbocycles. The Morgan fingerprint density at radius 3 is 2.44 bits per heavy atom. The van der Waals surface area contributed by atoms with Crippen LogP contribution in [0, 0.1) is 17.5 Å². The summed E-state index contributed by atoms with van der Waals surface area (Å²) in [6.45, 7) is 0. The van der Waals surface area contributed by atoms with Gasteiger partial charge in [0.15, 0.2) is 17.4 Å². The van der Waals surface area contributed by atoms with E-state index in [1.54, 1.807) is 0 Å². The van der Waals surface area contributed by atoms with E-state index >= 15 is 0 Å². The molecule has 0 saturated heterocycles. The Morgan fingerprint density at radius 2 is 1.72 bits per heavy atom. The Morgan fingerprint density at radius 1 is 1.00 bits per heavy atom. The number of Topliss-reactive ketones (excluding diaryl/α,β-unsaturated/α-hetero) is 1. The zero-order valence-electron chi connectivity index (χ0n) is 9.29. The highest BCUT2D eigenvalue weighted by molar-refractivity contribution is 5.97. The molecule has 18 heavy (non-hydrogen) atoms. The maximum Gasteiger partial charge on any atom is 0.167 e. The fraction of sp³-hybridized carbons (Fsp3) is 0.0714. The van der Waals surface area contributed by atoms with E-state index in [0.717, 1.165) is 12.1 Å². The number of carbonyl (C=O) groups excluding carboxylic acids is 1. The third-order valence-electron chi connectivity index (χ3n) is 2.53. The second-order valence-corrected chi connectivity index (χ2v) is 3.82. The molecule has 0 fully saturated rings. The molecular formula is C14H9F3O. The van der Waals surface area contributed by atoms with Crippen molar-refractivity contribution < 1.29 is 18.0 Å². The smallest absolute Gasteiger partial charge is 0.167 e. The third-order valence-corrected chi connectivity index (χ3v) is 2.53. The lowest BCUT2D eigenvalue weighted by Crippen LogP contribution is -2.06. The quantitative estimate of drug-likeness (QED) is 0.761. The monoisotopic (exact) mass is 250 g/mol. The molecular weight excluding hydrogens is 241 g/mol. The van der Waals surface area contributed by atoms with Gasteiger partial charge in [-0.15, -0.1) is 0 Å². The molecule has 92 valence electrons. The highest BCUT2D eigenvalue weighted by Gasteiger charge is 2.13. The van der Waals surface area contributed by atoms with Crippen molar-refractivity contribution in [2.75, 3.05) is 0 Å². The number of rotatable bonds is 3. The van der Waals surface area contributed by atoms with E-state index in [1.807, 2.05) is 0 Å². The van der Waals surface area contributed by atoms with Gasteiger partial charge in [0.05, 0.1) is 0 Å². The SMILES string of the molecule is O=C(Cc1cccc(F)c1F)c1cccc(F)c1. The van der Waals surface area contributed by atoms with Gasteiger partial charge < -0.3 is 0 Å². The van der Waals surface area contributed by atoms with Crippen LogP contribution in [0.15, 0.2) is 42.5 Å². The van der Waals surface area contributed by atoms with E-state index in [0.29, 0.717) is 0 Å². The highest BCUT2D eigenvalue weighted by atomic mass is 19.2. The summed E-state index contributed by atoms with van der Waals surface area (Å²) in [5.74, 6) is -3.04. The number of hydrogen-bond donors (Lipinski definition) is 0. The molecule has 2 aromatic rings. The van der Waals surface area contributed by atoms with Crippen LogP contribution < -0.4 is 0 Å². The average Bonchev–Trinajstić information content (AvgIpc) is 2.35. The maximum atomic E-state index is 13.4. The van der Waals surface area contributed by atoms with Crippen molar-refractivity contribution in [2.24, 2.45) is 0 Å². The number of benzene rings is 2. The van der Waals surface area contributed by atoms with Crippen molar-refractivity contribution >= 4 is 5.78 Å². The summed E-state index contributed by atoms with van der Waals surface area (Å²) in [6.07, 6.45) is -0.299. The summed E-state index contributed by atoms with van der Waals surface area (Å²) >= 11 is 0. The first-order valence-electron chi connectivity index (χ1n) is 5.29. The first kappa shape index (κ1) is 12.4. The van der Waals surface area contributed by atoms with Crippen LogP contribution in [0.4, 0.5) is 13.2 Å². The third kappa shape index (κ3) is 2.59. The predicted molar refractivity (Wildman–Crippen MR) is 60.8 cm³/mol. The van der Waals surface area contributed by atoms with Crippen molar-refractivity contribution in [1.82, 2.24) is 0 Å².